The predicted octanol–water partition coefficient (Wildman–Crippen LogP) is 23.9. The molecule has 0 aliphatic rings. The minimum Gasteiger partial charge on any atom is -0.466 e. The van der Waals surface area contributed by atoms with Crippen molar-refractivity contribution >= 4 is 11.9 Å². The first kappa shape index (κ1) is 78.6. The fraction of sp³-hybridized carbons (Fsp3) is 0.946. The van der Waals surface area contributed by atoms with Gasteiger partial charge in [0.1, 0.15) is 0 Å². The number of carbonyl (C=O) groups is 2. The van der Waals surface area contributed by atoms with Gasteiger partial charge in [0.05, 0.1) is 25.4 Å². The molecule has 0 heterocycles. The van der Waals surface area contributed by atoms with E-state index in [4.69, 9.17) is 4.74 Å². The van der Waals surface area contributed by atoms with E-state index in [0.29, 0.717) is 25.9 Å². The fourth-order valence-electron chi connectivity index (χ4n) is 11.9. The number of aliphatic hydroxyl groups is 2. The van der Waals surface area contributed by atoms with Crippen LogP contribution in [0.4, 0.5) is 0 Å². The van der Waals surface area contributed by atoms with Crippen LogP contribution in [-0.4, -0.2) is 47.4 Å². The normalized spacial score (nSPS) is 12.5. The summed E-state index contributed by atoms with van der Waals surface area (Å²) in [5.74, 6) is -0.0119. The summed E-state index contributed by atoms with van der Waals surface area (Å²) in [5.41, 5.74) is 0. The summed E-state index contributed by atoms with van der Waals surface area (Å²) < 4.78 is 5.49. The van der Waals surface area contributed by atoms with Crippen molar-refractivity contribution in [2.75, 3.05) is 13.2 Å². The van der Waals surface area contributed by atoms with Crippen LogP contribution in [0.3, 0.4) is 0 Å². The van der Waals surface area contributed by atoms with Crippen molar-refractivity contribution in [2.24, 2.45) is 0 Å². The van der Waals surface area contributed by atoms with Crippen LogP contribution in [0.1, 0.15) is 425 Å². The molecule has 0 spiro atoms. The van der Waals surface area contributed by atoms with Gasteiger partial charge in [-0.05, 0) is 51.4 Å². The van der Waals surface area contributed by atoms with Gasteiger partial charge in [-0.2, -0.15) is 0 Å². The Morgan fingerprint density at radius 1 is 0.338 bits per heavy atom. The van der Waals surface area contributed by atoms with E-state index in [1.807, 2.05) is 0 Å². The average molecular weight is 1130 g/mol. The molecule has 2 unspecified atom stereocenters. The summed E-state index contributed by atoms with van der Waals surface area (Å²) in [4.78, 5) is 24.5. The van der Waals surface area contributed by atoms with Crippen molar-refractivity contribution in [3.05, 3.63) is 12.2 Å². The highest BCUT2D eigenvalue weighted by atomic mass is 16.5. The van der Waals surface area contributed by atoms with E-state index in [1.165, 1.54) is 347 Å². The van der Waals surface area contributed by atoms with Crippen LogP contribution < -0.4 is 5.32 Å². The second kappa shape index (κ2) is 70.1. The summed E-state index contributed by atoms with van der Waals surface area (Å²) in [6.07, 6.45) is 87.3. The van der Waals surface area contributed by atoms with E-state index >= 15 is 0 Å². The van der Waals surface area contributed by atoms with Crippen LogP contribution in [0.15, 0.2) is 12.2 Å². The highest BCUT2D eigenvalue weighted by molar-refractivity contribution is 5.76. The molecule has 0 aromatic rings. The van der Waals surface area contributed by atoms with E-state index in [-0.39, 0.29) is 18.5 Å². The molecule has 0 aromatic heterocycles. The Bertz CT molecular complexity index is 1210. The van der Waals surface area contributed by atoms with E-state index in [9.17, 15) is 19.8 Å². The van der Waals surface area contributed by atoms with Crippen molar-refractivity contribution in [3.8, 4) is 0 Å². The number of amides is 1. The third kappa shape index (κ3) is 65.7. The number of aliphatic hydroxyl groups excluding tert-OH is 2. The Morgan fingerprint density at radius 3 is 0.900 bits per heavy atom. The molecule has 0 aliphatic heterocycles. The SMILES string of the molecule is CCCCCC/C=C\CCCCCCCC(=O)OCCCCCCCCCCCCCCCCCCCCCCCCCCCCCCCCCCCCCCCCCC(=O)NC(CO)C(O)CCCCCCCCCCCCC. The molecule has 0 aliphatic carbocycles. The molecule has 6 heteroatoms. The molecular weight excluding hydrogens is 983 g/mol. The lowest BCUT2D eigenvalue weighted by molar-refractivity contribution is -0.143. The summed E-state index contributed by atoms with van der Waals surface area (Å²) in [6.45, 7) is 4.96. The molecule has 0 fully saturated rings. The highest BCUT2D eigenvalue weighted by Gasteiger charge is 2.20. The van der Waals surface area contributed by atoms with Crippen LogP contribution in [0.2, 0.25) is 0 Å². The summed E-state index contributed by atoms with van der Waals surface area (Å²) >= 11 is 0. The van der Waals surface area contributed by atoms with Gasteiger partial charge in [-0.15, -0.1) is 0 Å². The summed E-state index contributed by atoms with van der Waals surface area (Å²) in [6, 6.07) is -0.534. The smallest absolute Gasteiger partial charge is 0.305 e. The Morgan fingerprint density at radius 2 is 0.588 bits per heavy atom. The average Bonchev–Trinajstić information content (AvgIpc) is 3.46. The van der Waals surface area contributed by atoms with Crippen LogP contribution in [0.25, 0.3) is 0 Å². The highest BCUT2D eigenvalue weighted by Crippen LogP contribution is 2.20. The molecule has 6 nitrogen and oxygen atoms in total. The molecule has 476 valence electrons. The van der Waals surface area contributed by atoms with Crippen molar-refractivity contribution in [2.45, 2.75) is 437 Å². The van der Waals surface area contributed by atoms with Gasteiger partial charge in [0, 0.05) is 12.8 Å². The predicted molar refractivity (Wildman–Crippen MR) is 352 cm³/mol. The number of hydrogen-bond donors (Lipinski definition) is 3. The number of unbranched alkanes of at least 4 members (excludes halogenated alkanes) is 57. The Balaban J connectivity index is 3.26. The van der Waals surface area contributed by atoms with E-state index < -0.39 is 12.1 Å². The van der Waals surface area contributed by atoms with Gasteiger partial charge in [-0.3, -0.25) is 9.59 Å². The monoisotopic (exact) mass is 1130 g/mol. The molecule has 0 bridgehead atoms. The van der Waals surface area contributed by atoms with Crippen molar-refractivity contribution in [3.63, 3.8) is 0 Å². The summed E-state index contributed by atoms with van der Waals surface area (Å²) in [5, 5.41) is 23.2. The third-order valence-electron chi connectivity index (χ3n) is 17.6. The number of carbonyl (C=O) groups excluding carboxylic acids is 2. The van der Waals surface area contributed by atoms with Crippen LogP contribution in [0.5, 0.6) is 0 Å². The molecule has 0 saturated heterocycles. The fourth-order valence-corrected chi connectivity index (χ4v) is 11.9. The lowest BCUT2D eigenvalue weighted by Gasteiger charge is -2.22. The van der Waals surface area contributed by atoms with Crippen LogP contribution in [-0.2, 0) is 14.3 Å². The van der Waals surface area contributed by atoms with Crippen LogP contribution >= 0.6 is 0 Å². The van der Waals surface area contributed by atoms with Gasteiger partial charge in [0.2, 0.25) is 5.91 Å². The molecule has 0 aromatic carbocycles. The largest absolute Gasteiger partial charge is 0.466 e. The van der Waals surface area contributed by atoms with Gasteiger partial charge in [0.15, 0.2) is 0 Å². The van der Waals surface area contributed by atoms with E-state index in [0.717, 1.165) is 44.9 Å². The van der Waals surface area contributed by atoms with Crippen molar-refractivity contribution < 1.29 is 24.5 Å². The zero-order valence-corrected chi connectivity index (χ0v) is 54.6. The molecule has 80 heavy (non-hydrogen) atoms. The standard InChI is InChI=1S/C74H145NO5/c1-3-5-7-9-11-13-15-43-48-52-56-60-64-68-74(79)80-69-65-61-57-53-49-45-42-40-38-36-34-32-30-28-26-24-22-20-18-16-17-19-21-23-25-27-29-31-33-35-37-39-41-44-47-51-55-59-63-67-73(78)75-71(70-76)72(77)66-62-58-54-50-46-14-12-10-8-6-4-2/h13,15,71-72,76-77H,3-12,14,16-70H2,1-2H3,(H,75,78)/b15-13-. The Labute approximate surface area is 501 Å². The quantitative estimate of drug-likeness (QED) is 0.0320. The maximum atomic E-state index is 12.5. The number of ether oxygens (including phenoxy) is 1. The number of esters is 1. The number of rotatable bonds is 70. The Kier molecular flexibility index (Phi) is 68.9. The lowest BCUT2D eigenvalue weighted by Crippen LogP contribution is -2.45. The number of hydrogen-bond acceptors (Lipinski definition) is 5. The molecule has 0 saturated carbocycles. The molecule has 0 radical (unpaired) electrons. The second-order valence-corrected chi connectivity index (χ2v) is 25.6. The summed E-state index contributed by atoms with van der Waals surface area (Å²) in [7, 11) is 0. The number of allylic oxidation sites excluding steroid dienone is 2. The zero-order valence-electron chi connectivity index (χ0n) is 54.6. The van der Waals surface area contributed by atoms with Gasteiger partial charge in [0.25, 0.3) is 0 Å². The van der Waals surface area contributed by atoms with Gasteiger partial charge >= 0.3 is 5.97 Å². The van der Waals surface area contributed by atoms with E-state index in [1.54, 1.807) is 0 Å². The first-order valence-corrected chi connectivity index (χ1v) is 36.9. The van der Waals surface area contributed by atoms with Crippen molar-refractivity contribution in [1.29, 1.82) is 0 Å². The maximum absolute atomic E-state index is 12.5. The lowest BCUT2D eigenvalue weighted by atomic mass is 10.0. The molecular formula is C74H145NO5. The molecule has 3 N–H and O–H groups in total. The minimum atomic E-state index is -0.657. The van der Waals surface area contributed by atoms with Crippen molar-refractivity contribution in [1.82, 2.24) is 5.32 Å². The molecule has 2 atom stereocenters. The number of nitrogens with one attached hydrogen (secondary N) is 1. The Hall–Kier alpha value is -1.40. The second-order valence-electron chi connectivity index (χ2n) is 25.6. The van der Waals surface area contributed by atoms with Gasteiger partial charge in [-0.25, -0.2) is 0 Å². The molecule has 0 rings (SSSR count). The van der Waals surface area contributed by atoms with Gasteiger partial charge in [-0.1, -0.05) is 373 Å². The first-order valence-electron chi connectivity index (χ1n) is 36.9. The first-order chi connectivity index (χ1) is 39.5. The van der Waals surface area contributed by atoms with Crippen LogP contribution in [0, 0.1) is 0 Å². The van der Waals surface area contributed by atoms with Gasteiger partial charge < -0.3 is 20.3 Å². The zero-order chi connectivity index (χ0) is 57.8. The topological polar surface area (TPSA) is 95.9 Å². The third-order valence-corrected chi connectivity index (χ3v) is 17.6. The maximum Gasteiger partial charge on any atom is 0.305 e. The molecule has 1 amide bonds. The minimum absolute atomic E-state index is 0.0154. The van der Waals surface area contributed by atoms with E-state index in [2.05, 4.69) is 31.3 Å².